The zero-order chi connectivity index (χ0) is 11.0. The summed E-state index contributed by atoms with van der Waals surface area (Å²) in [5, 5.41) is 0. The summed E-state index contributed by atoms with van der Waals surface area (Å²) in [4.78, 5) is 2.39. The van der Waals surface area contributed by atoms with Crippen molar-refractivity contribution in [2.45, 2.75) is 33.7 Å². The van der Waals surface area contributed by atoms with Gasteiger partial charge in [-0.2, -0.15) is 0 Å². The summed E-state index contributed by atoms with van der Waals surface area (Å²) in [6.07, 6.45) is 0. The fourth-order valence-corrected chi connectivity index (χ4v) is 1.29. The van der Waals surface area contributed by atoms with E-state index in [9.17, 15) is 0 Å². The van der Waals surface area contributed by atoms with Crippen LogP contribution in [0.5, 0.6) is 0 Å². The first kappa shape index (κ1) is 13.9. The summed E-state index contributed by atoms with van der Waals surface area (Å²) in [6, 6.07) is 0.274. The summed E-state index contributed by atoms with van der Waals surface area (Å²) in [7, 11) is 0. The number of hydrogen-bond acceptors (Lipinski definition) is 3. The van der Waals surface area contributed by atoms with E-state index < -0.39 is 0 Å². The quantitative estimate of drug-likeness (QED) is 0.603. The topological polar surface area (TPSA) is 38.5 Å². The third-order valence-electron chi connectivity index (χ3n) is 2.65. The standard InChI is InChI=1S/C11H26N2O/c1-5-13(7-8-14-6-2)9-10(3)11(4)12/h10-11H,5-9,12H2,1-4H3. The van der Waals surface area contributed by atoms with Crippen LogP contribution >= 0.6 is 0 Å². The number of nitrogens with two attached hydrogens (primary N) is 1. The fourth-order valence-electron chi connectivity index (χ4n) is 1.29. The predicted molar refractivity (Wildman–Crippen MR) is 61.4 cm³/mol. The predicted octanol–water partition coefficient (Wildman–Crippen LogP) is 1.33. The Bertz CT molecular complexity index is 128. The van der Waals surface area contributed by atoms with E-state index >= 15 is 0 Å². The Kier molecular flexibility index (Phi) is 8.14. The molecule has 0 amide bonds. The summed E-state index contributed by atoms with van der Waals surface area (Å²) in [5.41, 5.74) is 5.84. The van der Waals surface area contributed by atoms with Crippen molar-refractivity contribution >= 4 is 0 Å². The highest BCUT2D eigenvalue weighted by Crippen LogP contribution is 2.03. The lowest BCUT2D eigenvalue weighted by Crippen LogP contribution is -2.37. The maximum atomic E-state index is 5.84. The van der Waals surface area contributed by atoms with Gasteiger partial charge >= 0.3 is 0 Å². The Labute approximate surface area is 88.6 Å². The first-order valence-corrected chi connectivity index (χ1v) is 5.67. The van der Waals surface area contributed by atoms with Crippen LogP contribution in [0.2, 0.25) is 0 Å². The van der Waals surface area contributed by atoms with Gasteiger partial charge in [-0.15, -0.1) is 0 Å². The molecule has 0 fully saturated rings. The second-order valence-corrected chi connectivity index (χ2v) is 3.93. The number of nitrogens with zero attached hydrogens (tertiary/aromatic N) is 1. The zero-order valence-electron chi connectivity index (χ0n) is 10.1. The molecule has 0 aliphatic carbocycles. The molecule has 86 valence electrons. The summed E-state index contributed by atoms with van der Waals surface area (Å²) in [5.74, 6) is 0.552. The SMILES string of the molecule is CCOCCN(CC)CC(C)C(C)N. The largest absolute Gasteiger partial charge is 0.380 e. The monoisotopic (exact) mass is 202 g/mol. The van der Waals surface area contributed by atoms with Crippen molar-refractivity contribution in [1.82, 2.24) is 4.90 Å². The molecule has 0 saturated carbocycles. The molecule has 0 aromatic heterocycles. The van der Waals surface area contributed by atoms with Crippen LogP contribution in [-0.4, -0.2) is 43.8 Å². The van der Waals surface area contributed by atoms with Crippen LogP contribution in [0.25, 0.3) is 0 Å². The highest BCUT2D eigenvalue weighted by atomic mass is 16.5. The third kappa shape index (κ3) is 6.35. The maximum absolute atomic E-state index is 5.84. The van der Waals surface area contributed by atoms with E-state index in [0.29, 0.717) is 5.92 Å². The van der Waals surface area contributed by atoms with E-state index in [-0.39, 0.29) is 6.04 Å². The van der Waals surface area contributed by atoms with Crippen LogP contribution in [0.3, 0.4) is 0 Å². The molecule has 0 radical (unpaired) electrons. The molecule has 0 heterocycles. The molecule has 14 heavy (non-hydrogen) atoms. The average molecular weight is 202 g/mol. The number of hydrogen-bond donors (Lipinski definition) is 1. The van der Waals surface area contributed by atoms with Crippen molar-refractivity contribution in [2.24, 2.45) is 11.7 Å². The van der Waals surface area contributed by atoms with Gasteiger partial charge in [0.05, 0.1) is 6.61 Å². The number of likely N-dealkylation sites (N-methyl/N-ethyl adjacent to an activating group) is 1. The van der Waals surface area contributed by atoms with Gasteiger partial charge in [0.25, 0.3) is 0 Å². The molecular formula is C11H26N2O. The fraction of sp³-hybridized carbons (Fsp3) is 1.00. The molecule has 0 rings (SSSR count). The minimum atomic E-state index is 0.274. The van der Waals surface area contributed by atoms with Crippen LogP contribution in [0.15, 0.2) is 0 Å². The molecule has 0 bridgehead atoms. The normalized spacial score (nSPS) is 15.9. The van der Waals surface area contributed by atoms with E-state index in [2.05, 4.69) is 25.7 Å². The molecule has 3 nitrogen and oxygen atoms in total. The lowest BCUT2D eigenvalue weighted by molar-refractivity contribution is 0.108. The molecule has 0 aliphatic rings. The highest BCUT2D eigenvalue weighted by Gasteiger charge is 2.11. The van der Waals surface area contributed by atoms with E-state index in [1.165, 1.54) is 0 Å². The van der Waals surface area contributed by atoms with Gasteiger partial charge in [0.2, 0.25) is 0 Å². The van der Waals surface area contributed by atoms with Crippen molar-refractivity contribution in [1.29, 1.82) is 0 Å². The van der Waals surface area contributed by atoms with Gasteiger partial charge in [-0.25, -0.2) is 0 Å². The molecule has 0 saturated heterocycles. The van der Waals surface area contributed by atoms with Crippen molar-refractivity contribution in [3.8, 4) is 0 Å². The van der Waals surface area contributed by atoms with Gasteiger partial charge in [-0.3, -0.25) is 0 Å². The lowest BCUT2D eigenvalue weighted by Gasteiger charge is -2.26. The minimum absolute atomic E-state index is 0.274. The molecule has 2 atom stereocenters. The Balaban J connectivity index is 3.67. The summed E-state index contributed by atoms with van der Waals surface area (Å²) in [6.45, 7) is 13.3. The maximum Gasteiger partial charge on any atom is 0.0593 e. The first-order chi connectivity index (χ1) is 6.61. The minimum Gasteiger partial charge on any atom is -0.380 e. The molecule has 2 unspecified atom stereocenters. The van der Waals surface area contributed by atoms with Crippen molar-refractivity contribution < 1.29 is 4.74 Å². The van der Waals surface area contributed by atoms with Crippen LogP contribution < -0.4 is 5.73 Å². The van der Waals surface area contributed by atoms with E-state index in [0.717, 1.165) is 32.8 Å². The first-order valence-electron chi connectivity index (χ1n) is 5.67. The lowest BCUT2D eigenvalue weighted by atomic mass is 10.0. The van der Waals surface area contributed by atoms with Crippen LogP contribution in [0, 0.1) is 5.92 Å². The van der Waals surface area contributed by atoms with Gasteiger partial charge < -0.3 is 15.4 Å². The van der Waals surface area contributed by atoms with Crippen molar-refractivity contribution in [2.75, 3.05) is 32.8 Å². The second-order valence-electron chi connectivity index (χ2n) is 3.93. The average Bonchev–Trinajstić information content (AvgIpc) is 2.16. The smallest absolute Gasteiger partial charge is 0.0593 e. The van der Waals surface area contributed by atoms with Crippen LogP contribution in [-0.2, 0) is 4.74 Å². The Morgan fingerprint density at radius 3 is 2.36 bits per heavy atom. The molecule has 0 spiro atoms. The molecule has 0 aromatic rings. The molecule has 0 aromatic carbocycles. The number of ether oxygens (including phenoxy) is 1. The van der Waals surface area contributed by atoms with E-state index in [1.54, 1.807) is 0 Å². The van der Waals surface area contributed by atoms with Gasteiger partial charge in [-0.1, -0.05) is 13.8 Å². The van der Waals surface area contributed by atoms with Crippen LogP contribution in [0.4, 0.5) is 0 Å². The van der Waals surface area contributed by atoms with Crippen molar-refractivity contribution in [3.63, 3.8) is 0 Å². The van der Waals surface area contributed by atoms with Gasteiger partial charge in [0.15, 0.2) is 0 Å². The zero-order valence-corrected chi connectivity index (χ0v) is 10.1. The van der Waals surface area contributed by atoms with Gasteiger partial charge in [0.1, 0.15) is 0 Å². The molecule has 3 heteroatoms. The molecule has 2 N–H and O–H groups in total. The Morgan fingerprint density at radius 2 is 1.93 bits per heavy atom. The van der Waals surface area contributed by atoms with Gasteiger partial charge in [-0.05, 0) is 26.3 Å². The highest BCUT2D eigenvalue weighted by molar-refractivity contribution is 4.68. The van der Waals surface area contributed by atoms with E-state index in [1.807, 2.05) is 6.92 Å². The second kappa shape index (κ2) is 8.21. The summed E-state index contributed by atoms with van der Waals surface area (Å²) >= 11 is 0. The van der Waals surface area contributed by atoms with Crippen molar-refractivity contribution in [3.05, 3.63) is 0 Å². The number of rotatable bonds is 8. The van der Waals surface area contributed by atoms with E-state index in [4.69, 9.17) is 10.5 Å². The third-order valence-corrected chi connectivity index (χ3v) is 2.65. The molecular weight excluding hydrogens is 176 g/mol. The van der Waals surface area contributed by atoms with Crippen LogP contribution in [0.1, 0.15) is 27.7 Å². The Hall–Kier alpha value is -0.120. The Morgan fingerprint density at radius 1 is 1.29 bits per heavy atom. The summed E-state index contributed by atoms with van der Waals surface area (Å²) < 4.78 is 5.33. The van der Waals surface area contributed by atoms with Gasteiger partial charge in [0, 0.05) is 25.7 Å². The molecule has 0 aliphatic heterocycles.